The molecule has 1 fully saturated rings. The van der Waals surface area contributed by atoms with Gasteiger partial charge >= 0.3 is 0 Å². The van der Waals surface area contributed by atoms with E-state index in [2.05, 4.69) is 5.32 Å². The highest BCUT2D eigenvalue weighted by atomic mass is 127. The van der Waals surface area contributed by atoms with Crippen molar-refractivity contribution in [1.29, 1.82) is 0 Å². The lowest BCUT2D eigenvalue weighted by Crippen LogP contribution is -2.62. The van der Waals surface area contributed by atoms with Crippen molar-refractivity contribution in [2.75, 3.05) is 23.7 Å². The first-order valence-corrected chi connectivity index (χ1v) is 6.72. The number of amides is 1. The average molecular weight is 363 g/mol. The van der Waals surface area contributed by atoms with Crippen molar-refractivity contribution in [2.24, 2.45) is 0 Å². The monoisotopic (exact) mass is 363 g/mol. The third-order valence-electron chi connectivity index (χ3n) is 3.21. The zero-order chi connectivity index (χ0) is 13.5. The fourth-order valence-corrected chi connectivity index (χ4v) is 2.60. The van der Waals surface area contributed by atoms with Crippen LogP contribution in [0.5, 0.6) is 0 Å². The maximum Gasteiger partial charge on any atom is 0.245 e. The number of nitrogens with one attached hydrogen (secondary N) is 1. The van der Waals surface area contributed by atoms with Crippen LogP contribution in [0.3, 0.4) is 0 Å². The average Bonchev–Trinajstić information content (AvgIpc) is 2.28. The summed E-state index contributed by atoms with van der Waals surface area (Å²) < 4.78 is 14.2. The van der Waals surface area contributed by atoms with Crippen LogP contribution in [-0.2, 0) is 4.79 Å². The quantitative estimate of drug-likeness (QED) is 0.590. The summed E-state index contributed by atoms with van der Waals surface area (Å²) in [4.78, 5) is 13.7. The molecule has 18 heavy (non-hydrogen) atoms. The molecule has 0 aromatic heterocycles. The molecule has 2 rings (SSSR count). The van der Waals surface area contributed by atoms with E-state index >= 15 is 0 Å². The van der Waals surface area contributed by atoms with E-state index in [4.69, 9.17) is 5.73 Å². The van der Waals surface area contributed by atoms with Gasteiger partial charge in [0.2, 0.25) is 5.91 Å². The molecule has 4 nitrogen and oxygen atoms in total. The number of anilines is 2. The minimum atomic E-state index is -0.731. The summed E-state index contributed by atoms with van der Waals surface area (Å²) >= 11 is 1.90. The molecule has 1 heterocycles. The molecule has 0 unspecified atom stereocenters. The molecule has 1 saturated heterocycles. The molecule has 1 aliphatic heterocycles. The molecule has 0 aliphatic carbocycles. The van der Waals surface area contributed by atoms with Gasteiger partial charge in [0.25, 0.3) is 0 Å². The van der Waals surface area contributed by atoms with Crippen LogP contribution >= 0.6 is 22.6 Å². The molecule has 1 aromatic carbocycles. The molecule has 1 aromatic rings. The summed E-state index contributed by atoms with van der Waals surface area (Å²) in [6, 6.07) is 2.99. The summed E-state index contributed by atoms with van der Waals surface area (Å²) in [5.41, 5.74) is 6.28. The van der Waals surface area contributed by atoms with Gasteiger partial charge in [-0.15, -0.1) is 0 Å². The van der Waals surface area contributed by atoms with E-state index in [9.17, 15) is 9.18 Å². The lowest BCUT2D eigenvalue weighted by molar-refractivity contribution is -0.126. The molecule has 0 spiro atoms. The predicted octanol–water partition coefficient (Wildman–Crippen LogP) is 1.73. The van der Waals surface area contributed by atoms with Gasteiger partial charge in [-0.05, 0) is 42.5 Å². The number of nitrogen functional groups attached to an aromatic ring is 1. The fourth-order valence-electron chi connectivity index (χ4n) is 2.11. The third kappa shape index (κ3) is 2.13. The Morgan fingerprint density at radius 1 is 1.50 bits per heavy atom. The number of piperazine rings is 1. The van der Waals surface area contributed by atoms with Crippen molar-refractivity contribution in [2.45, 2.75) is 19.4 Å². The van der Waals surface area contributed by atoms with Crippen LogP contribution in [0, 0.1) is 9.39 Å². The smallest absolute Gasteiger partial charge is 0.245 e. The van der Waals surface area contributed by atoms with Crippen LogP contribution in [0.15, 0.2) is 12.1 Å². The highest BCUT2D eigenvalue weighted by Crippen LogP contribution is 2.33. The molecule has 0 radical (unpaired) electrons. The van der Waals surface area contributed by atoms with Crippen molar-refractivity contribution < 1.29 is 9.18 Å². The summed E-state index contributed by atoms with van der Waals surface area (Å²) in [6.07, 6.45) is 0. The summed E-state index contributed by atoms with van der Waals surface area (Å²) in [5.74, 6) is -0.395. The predicted molar refractivity (Wildman–Crippen MR) is 78.0 cm³/mol. The lowest BCUT2D eigenvalue weighted by atomic mass is 9.97. The molecule has 98 valence electrons. The maximum absolute atomic E-state index is 13.7. The van der Waals surface area contributed by atoms with Crippen molar-refractivity contribution in [1.82, 2.24) is 5.32 Å². The molecule has 1 aliphatic rings. The second kappa shape index (κ2) is 4.56. The first-order chi connectivity index (χ1) is 8.34. The van der Waals surface area contributed by atoms with E-state index < -0.39 is 5.54 Å². The van der Waals surface area contributed by atoms with Gasteiger partial charge in [0.1, 0.15) is 11.4 Å². The van der Waals surface area contributed by atoms with Gasteiger partial charge in [0.15, 0.2) is 0 Å². The van der Waals surface area contributed by atoms with E-state index in [0.717, 1.165) is 0 Å². The molecule has 0 atom stereocenters. The highest BCUT2D eigenvalue weighted by Gasteiger charge is 2.38. The number of hydrogen-bond donors (Lipinski definition) is 2. The Morgan fingerprint density at radius 2 is 2.17 bits per heavy atom. The van der Waals surface area contributed by atoms with E-state index in [1.165, 1.54) is 6.07 Å². The molecule has 0 saturated carbocycles. The second-order valence-electron chi connectivity index (χ2n) is 4.79. The van der Waals surface area contributed by atoms with Gasteiger partial charge in [0, 0.05) is 19.2 Å². The van der Waals surface area contributed by atoms with Crippen molar-refractivity contribution >= 4 is 39.9 Å². The van der Waals surface area contributed by atoms with E-state index in [0.29, 0.717) is 28.0 Å². The number of carbonyl (C=O) groups excluding carboxylic acids is 1. The largest absolute Gasteiger partial charge is 0.397 e. The van der Waals surface area contributed by atoms with Gasteiger partial charge < -0.3 is 16.0 Å². The van der Waals surface area contributed by atoms with Gasteiger partial charge in [-0.3, -0.25) is 4.79 Å². The summed E-state index contributed by atoms with van der Waals surface area (Å²) in [5, 5.41) is 2.80. The Balaban J connectivity index is 2.48. The normalized spacial score (nSPS) is 18.7. The van der Waals surface area contributed by atoms with Crippen LogP contribution in [0.2, 0.25) is 0 Å². The fraction of sp³-hybridized carbons (Fsp3) is 0.417. The van der Waals surface area contributed by atoms with Crippen molar-refractivity contribution in [3.8, 4) is 0 Å². The SMILES string of the molecule is CC1(C)C(=O)NCCN1c1cc(F)c(I)cc1N. The Hall–Kier alpha value is -1.05. The van der Waals surface area contributed by atoms with Crippen LogP contribution in [-0.4, -0.2) is 24.5 Å². The van der Waals surface area contributed by atoms with Gasteiger partial charge in [-0.2, -0.15) is 0 Å². The maximum atomic E-state index is 13.7. The standard InChI is InChI=1S/C12H15FIN3O/c1-12(2)11(18)16-3-4-17(12)10-5-7(13)8(14)6-9(10)15/h5-6H,3-4,15H2,1-2H3,(H,16,18). The van der Waals surface area contributed by atoms with Gasteiger partial charge in [-0.1, -0.05) is 0 Å². The Kier molecular flexibility index (Phi) is 3.39. The summed E-state index contributed by atoms with van der Waals surface area (Å²) in [7, 11) is 0. The Bertz CT molecular complexity index is 504. The zero-order valence-corrected chi connectivity index (χ0v) is 12.4. The van der Waals surface area contributed by atoms with Crippen LogP contribution in [0.25, 0.3) is 0 Å². The minimum Gasteiger partial charge on any atom is -0.397 e. The van der Waals surface area contributed by atoms with E-state index in [-0.39, 0.29) is 11.7 Å². The first-order valence-electron chi connectivity index (χ1n) is 5.64. The molecule has 6 heteroatoms. The number of benzene rings is 1. The third-order valence-corrected chi connectivity index (χ3v) is 4.04. The lowest BCUT2D eigenvalue weighted by Gasteiger charge is -2.43. The number of halogens is 2. The van der Waals surface area contributed by atoms with Crippen LogP contribution in [0.4, 0.5) is 15.8 Å². The van der Waals surface area contributed by atoms with E-state index in [1.807, 2.05) is 27.5 Å². The van der Waals surface area contributed by atoms with Crippen LogP contribution in [0.1, 0.15) is 13.8 Å². The number of carbonyl (C=O) groups is 1. The topological polar surface area (TPSA) is 58.4 Å². The number of nitrogens with zero attached hydrogens (tertiary/aromatic N) is 1. The second-order valence-corrected chi connectivity index (χ2v) is 5.95. The number of nitrogens with two attached hydrogens (primary N) is 1. The molecule has 1 amide bonds. The van der Waals surface area contributed by atoms with Gasteiger partial charge in [0.05, 0.1) is 14.9 Å². The van der Waals surface area contributed by atoms with Gasteiger partial charge in [-0.25, -0.2) is 4.39 Å². The van der Waals surface area contributed by atoms with Crippen molar-refractivity contribution in [3.05, 3.63) is 21.5 Å². The summed E-state index contributed by atoms with van der Waals surface area (Å²) in [6.45, 7) is 4.76. The molecular weight excluding hydrogens is 348 g/mol. The highest BCUT2D eigenvalue weighted by molar-refractivity contribution is 14.1. The minimum absolute atomic E-state index is 0.0768. The number of hydrogen-bond acceptors (Lipinski definition) is 3. The number of rotatable bonds is 1. The molecular formula is C12H15FIN3O. The Morgan fingerprint density at radius 3 is 2.83 bits per heavy atom. The van der Waals surface area contributed by atoms with Crippen LogP contribution < -0.4 is 16.0 Å². The Labute approximate surface area is 119 Å². The zero-order valence-electron chi connectivity index (χ0n) is 10.3. The molecule has 3 N–H and O–H groups in total. The molecule has 0 bridgehead atoms. The van der Waals surface area contributed by atoms with E-state index in [1.54, 1.807) is 19.9 Å². The first kappa shape index (κ1) is 13.4. The van der Waals surface area contributed by atoms with Crippen molar-refractivity contribution in [3.63, 3.8) is 0 Å².